The molecule has 0 aliphatic rings. The zero-order valence-corrected chi connectivity index (χ0v) is 10.1. The number of nitriles is 1. The van der Waals surface area contributed by atoms with Crippen LogP contribution in [0.15, 0.2) is 24.3 Å². The van der Waals surface area contributed by atoms with Crippen LogP contribution in [0.1, 0.15) is 17.2 Å². The van der Waals surface area contributed by atoms with Crippen LogP contribution in [0.5, 0.6) is 0 Å². The van der Waals surface area contributed by atoms with E-state index in [1.807, 2.05) is 37.1 Å². The zero-order valence-electron chi connectivity index (χ0n) is 10.1. The van der Waals surface area contributed by atoms with Crippen molar-refractivity contribution in [3.8, 4) is 6.07 Å². The second kappa shape index (κ2) is 6.26. The third-order valence-electron chi connectivity index (χ3n) is 2.57. The largest absolute Gasteiger partial charge is 0.383 e. The van der Waals surface area contributed by atoms with Crippen molar-refractivity contribution in [1.29, 1.82) is 5.26 Å². The van der Waals surface area contributed by atoms with Crippen molar-refractivity contribution in [3.05, 3.63) is 35.4 Å². The maximum Gasteiger partial charge on any atom is 0.123 e. The van der Waals surface area contributed by atoms with E-state index in [1.54, 1.807) is 7.11 Å². The minimum Gasteiger partial charge on any atom is -0.383 e. The van der Waals surface area contributed by atoms with Gasteiger partial charge in [0, 0.05) is 13.7 Å². The molecule has 1 atom stereocenters. The summed E-state index contributed by atoms with van der Waals surface area (Å²) >= 11 is 0. The average Bonchev–Trinajstić information content (AvgIpc) is 2.27. The van der Waals surface area contributed by atoms with Crippen molar-refractivity contribution in [2.75, 3.05) is 27.3 Å². The average molecular weight is 218 g/mol. The Bertz CT molecular complexity index is 370. The summed E-state index contributed by atoms with van der Waals surface area (Å²) in [7, 11) is 3.61. The summed E-state index contributed by atoms with van der Waals surface area (Å²) in [5, 5.41) is 9.21. The number of likely N-dealkylation sites (N-methyl/N-ethyl adjacent to an activating group) is 1. The van der Waals surface area contributed by atoms with Gasteiger partial charge in [-0.25, -0.2) is 0 Å². The van der Waals surface area contributed by atoms with E-state index in [0.29, 0.717) is 6.61 Å². The molecule has 1 unspecified atom stereocenters. The maximum absolute atomic E-state index is 9.21. The summed E-state index contributed by atoms with van der Waals surface area (Å²) in [4.78, 5) is 2.00. The van der Waals surface area contributed by atoms with Gasteiger partial charge < -0.3 is 4.74 Å². The van der Waals surface area contributed by atoms with Gasteiger partial charge in [0.15, 0.2) is 0 Å². The summed E-state index contributed by atoms with van der Waals surface area (Å²) < 4.78 is 5.02. The molecule has 0 radical (unpaired) electrons. The Labute approximate surface area is 97.3 Å². The number of nitrogens with zero attached hydrogens (tertiary/aromatic N) is 2. The van der Waals surface area contributed by atoms with Gasteiger partial charge in [0.1, 0.15) is 6.04 Å². The molecule has 0 saturated heterocycles. The van der Waals surface area contributed by atoms with Crippen molar-refractivity contribution in [3.63, 3.8) is 0 Å². The van der Waals surface area contributed by atoms with Crippen LogP contribution >= 0.6 is 0 Å². The predicted octanol–water partition coefficient (Wildman–Crippen LogP) is 2.14. The SMILES string of the molecule is COCCN(C)C(C#N)c1cccc(C)c1. The predicted molar refractivity (Wildman–Crippen MR) is 64.0 cm³/mol. The lowest BCUT2D eigenvalue weighted by Crippen LogP contribution is -2.27. The fourth-order valence-electron chi connectivity index (χ4n) is 1.63. The van der Waals surface area contributed by atoms with Gasteiger partial charge in [0.25, 0.3) is 0 Å². The van der Waals surface area contributed by atoms with Crippen LogP contribution in [-0.2, 0) is 4.74 Å². The summed E-state index contributed by atoms with van der Waals surface area (Å²) in [6, 6.07) is 10.2. The van der Waals surface area contributed by atoms with Crippen LogP contribution in [0, 0.1) is 18.3 Å². The fourth-order valence-corrected chi connectivity index (χ4v) is 1.63. The van der Waals surface area contributed by atoms with Crippen molar-refractivity contribution >= 4 is 0 Å². The third-order valence-corrected chi connectivity index (χ3v) is 2.57. The first kappa shape index (κ1) is 12.7. The van der Waals surface area contributed by atoms with Crippen LogP contribution in [-0.4, -0.2) is 32.2 Å². The molecule has 0 heterocycles. The first-order chi connectivity index (χ1) is 7.69. The van der Waals surface area contributed by atoms with Gasteiger partial charge in [-0.3, -0.25) is 4.90 Å². The summed E-state index contributed by atoms with van der Waals surface area (Å²) in [6.07, 6.45) is 0. The van der Waals surface area contributed by atoms with E-state index < -0.39 is 0 Å². The molecular formula is C13H18N2O. The Balaban J connectivity index is 2.78. The molecule has 1 rings (SSSR count). The number of ether oxygens (including phenoxy) is 1. The first-order valence-corrected chi connectivity index (χ1v) is 5.34. The van der Waals surface area contributed by atoms with Crippen molar-refractivity contribution in [2.24, 2.45) is 0 Å². The van der Waals surface area contributed by atoms with E-state index in [2.05, 4.69) is 12.1 Å². The van der Waals surface area contributed by atoms with Gasteiger partial charge in [-0.05, 0) is 19.5 Å². The Morgan fingerprint density at radius 3 is 2.81 bits per heavy atom. The van der Waals surface area contributed by atoms with E-state index in [-0.39, 0.29) is 6.04 Å². The Kier molecular flexibility index (Phi) is 4.97. The van der Waals surface area contributed by atoms with Crippen molar-refractivity contribution < 1.29 is 4.74 Å². The summed E-state index contributed by atoms with van der Waals surface area (Å²) in [6.45, 7) is 3.43. The standard InChI is InChI=1S/C13H18N2O/c1-11-5-4-6-12(9-11)13(10-14)15(2)7-8-16-3/h4-6,9,13H,7-8H2,1-3H3. The number of hydrogen-bond acceptors (Lipinski definition) is 3. The molecule has 0 aliphatic carbocycles. The van der Waals surface area contributed by atoms with Crippen molar-refractivity contribution in [1.82, 2.24) is 4.90 Å². The van der Waals surface area contributed by atoms with Gasteiger partial charge >= 0.3 is 0 Å². The second-order valence-electron chi connectivity index (χ2n) is 3.92. The molecule has 0 spiro atoms. The molecule has 0 amide bonds. The molecule has 3 heteroatoms. The smallest absolute Gasteiger partial charge is 0.123 e. The number of rotatable bonds is 5. The number of aryl methyl sites for hydroxylation is 1. The van der Waals surface area contributed by atoms with Gasteiger partial charge in [-0.15, -0.1) is 0 Å². The monoisotopic (exact) mass is 218 g/mol. The highest BCUT2D eigenvalue weighted by molar-refractivity contribution is 5.28. The zero-order chi connectivity index (χ0) is 12.0. The Morgan fingerprint density at radius 1 is 1.50 bits per heavy atom. The first-order valence-electron chi connectivity index (χ1n) is 5.34. The Hall–Kier alpha value is -1.37. The van der Waals surface area contributed by atoms with Gasteiger partial charge in [-0.1, -0.05) is 29.8 Å². The van der Waals surface area contributed by atoms with Gasteiger partial charge in [0.2, 0.25) is 0 Å². The van der Waals surface area contributed by atoms with Crippen LogP contribution in [0.4, 0.5) is 0 Å². The minimum atomic E-state index is -0.199. The fraction of sp³-hybridized carbons (Fsp3) is 0.462. The van der Waals surface area contributed by atoms with Gasteiger partial charge in [0.05, 0.1) is 12.7 Å². The lowest BCUT2D eigenvalue weighted by atomic mass is 10.0. The molecule has 0 saturated carbocycles. The summed E-state index contributed by atoms with van der Waals surface area (Å²) in [5.41, 5.74) is 2.22. The van der Waals surface area contributed by atoms with E-state index in [9.17, 15) is 5.26 Å². The molecule has 0 aromatic heterocycles. The number of methoxy groups -OCH3 is 1. The molecule has 16 heavy (non-hydrogen) atoms. The molecular weight excluding hydrogens is 200 g/mol. The van der Waals surface area contributed by atoms with E-state index in [4.69, 9.17) is 4.74 Å². The lowest BCUT2D eigenvalue weighted by Gasteiger charge is -2.22. The van der Waals surface area contributed by atoms with E-state index >= 15 is 0 Å². The molecule has 0 N–H and O–H groups in total. The minimum absolute atomic E-state index is 0.199. The highest BCUT2D eigenvalue weighted by Crippen LogP contribution is 2.19. The summed E-state index contributed by atoms with van der Waals surface area (Å²) in [5.74, 6) is 0. The molecule has 0 fully saturated rings. The second-order valence-corrected chi connectivity index (χ2v) is 3.92. The molecule has 1 aromatic rings. The lowest BCUT2D eigenvalue weighted by molar-refractivity contribution is 0.151. The van der Waals surface area contributed by atoms with Gasteiger partial charge in [-0.2, -0.15) is 5.26 Å². The van der Waals surface area contributed by atoms with E-state index in [1.165, 1.54) is 5.56 Å². The number of benzene rings is 1. The maximum atomic E-state index is 9.21. The normalized spacial score (nSPS) is 12.4. The highest BCUT2D eigenvalue weighted by atomic mass is 16.5. The van der Waals surface area contributed by atoms with Crippen molar-refractivity contribution in [2.45, 2.75) is 13.0 Å². The van der Waals surface area contributed by atoms with Crippen LogP contribution in [0.2, 0.25) is 0 Å². The molecule has 86 valence electrons. The molecule has 0 aliphatic heterocycles. The molecule has 3 nitrogen and oxygen atoms in total. The molecule has 0 bridgehead atoms. The topological polar surface area (TPSA) is 36.3 Å². The number of hydrogen-bond donors (Lipinski definition) is 0. The molecule has 1 aromatic carbocycles. The third kappa shape index (κ3) is 3.34. The van der Waals surface area contributed by atoms with Crippen LogP contribution in [0.3, 0.4) is 0 Å². The van der Waals surface area contributed by atoms with E-state index in [0.717, 1.165) is 12.1 Å². The Morgan fingerprint density at radius 2 is 2.25 bits per heavy atom. The highest BCUT2D eigenvalue weighted by Gasteiger charge is 2.15. The van der Waals surface area contributed by atoms with Crippen LogP contribution in [0.25, 0.3) is 0 Å². The quantitative estimate of drug-likeness (QED) is 0.759. The van der Waals surface area contributed by atoms with Crippen LogP contribution < -0.4 is 0 Å².